The van der Waals surface area contributed by atoms with Crippen molar-refractivity contribution in [2.24, 2.45) is 0 Å². The summed E-state index contributed by atoms with van der Waals surface area (Å²) in [5, 5.41) is 6.08. The van der Waals surface area contributed by atoms with Crippen LogP contribution in [-0.4, -0.2) is 20.7 Å². The first-order valence-electron chi connectivity index (χ1n) is 7.25. The Labute approximate surface area is 140 Å². The van der Waals surface area contributed by atoms with Crippen molar-refractivity contribution in [3.8, 4) is 0 Å². The number of nitrogens with one attached hydrogen (secondary N) is 1. The van der Waals surface area contributed by atoms with Gasteiger partial charge in [-0.05, 0) is 37.3 Å². The van der Waals surface area contributed by atoms with Crippen LogP contribution in [0.1, 0.15) is 27.7 Å². The van der Waals surface area contributed by atoms with Gasteiger partial charge in [-0.2, -0.15) is 18.3 Å². The van der Waals surface area contributed by atoms with Gasteiger partial charge in [-0.3, -0.25) is 9.48 Å². The van der Waals surface area contributed by atoms with Gasteiger partial charge in [-0.1, -0.05) is 6.07 Å². The number of hydrogen-bond donors (Lipinski definition) is 1. The largest absolute Gasteiger partial charge is 0.454 e. The van der Waals surface area contributed by atoms with E-state index >= 15 is 0 Å². The lowest BCUT2D eigenvalue weighted by atomic mass is 10.3. The fourth-order valence-electron chi connectivity index (χ4n) is 2.16. The maximum absolute atomic E-state index is 12.7. The van der Waals surface area contributed by atoms with E-state index in [1.165, 1.54) is 29.9 Å². The number of carbonyl (C=O) groups is 1. The SMILES string of the molecule is Cc1cc(C(F)(F)F)nn1Cc1ccc(C(=O)Nc2ccccn2)o1. The minimum absolute atomic E-state index is 0.0151. The van der Waals surface area contributed by atoms with E-state index in [1.54, 1.807) is 18.2 Å². The molecule has 0 aliphatic carbocycles. The fraction of sp³-hybridized carbons (Fsp3) is 0.188. The average molecular weight is 350 g/mol. The third-order valence-electron chi connectivity index (χ3n) is 3.37. The number of alkyl halides is 3. The highest BCUT2D eigenvalue weighted by Crippen LogP contribution is 2.28. The standard InChI is InChI=1S/C16H13F3N4O2/c1-10-8-13(16(17,18)19)22-23(10)9-11-5-6-12(25-11)15(24)21-14-4-2-3-7-20-14/h2-8H,9H2,1H3,(H,20,21,24). The lowest BCUT2D eigenvalue weighted by Crippen LogP contribution is -2.12. The fourth-order valence-corrected chi connectivity index (χ4v) is 2.16. The van der Waals surface area contributed by atoms with Crippen molar-refractivity contribution in [2.75, 3.05) is 5.32 Å². The molecule has 0 radical (unpaired) electrons. The molecular weight excluding hydrogens is 337 g/mol. The van der Waals surface area contributed by atoms with E-state index in [4.69, 9.17) is 4.42 Å². The molecule has 0 aliphatic rings. The second-order valence-electron chi connectivity index (χ2n) is 5.26. The molecule has 0 spiro atoms. The first-order chi connectivity index (χ1) is 11.8. The number of pyridine rings is 1. The molecule has 0 atom stereocenters. The molecule has 3 rings (SSSR count). The zero-order valence-electron chi connectivity index (χ0n) is 13.0. The number of amides is 1. The summed E-state index contributed by atoms with van der Waals surface area (Å²) in [6.45, 7) is 1.50. The van der Waals surface area contributed by atoms with Crippen LogP contribution in [0.3, 0.4) is 0 Å². The lowest BCUT2D eigenvalue weighted by molar-refractivity contribution is -0.141. The first-order valence-corrected chi connectivity index (χ1v) is 7.25. The van der Waals surface area contributed by atoms with E-state index in [0.29, 0.717) is 17.3 Å². The highest BCUT2D eigenvalue weighted by molar-refractivity contribution is 6.01. The molecule has 1 amide bonds. The van der Waals surface area contributed by atoms with E-state index in [1.807, 2.05) is 0 Å². The Kier molecular flexibility index (Phi) is 4.30. The van der Waals surface area contributed by atoms with Crippen molar-refractivity contribution in [2.45, 2.75) is 19.6 Å². The molecular formula is C16H13F3N4O2. The topological polar surface area (TPSA) is 73.0 Å². The second kappa shape index (κ2) is 6.42. The third kappa shape index (κ3) is 3.87. The molecule has 6 nitrogen and oxygen atoms in total. The maximum Gasteiger partial charge on any atom is 0.435 e. The van der Waals surface area contributed by atoms with Crippen LogP contribution in [0, 0.1) is 6.92 Å². The van der Waals surface area contributed by atoms with Gasteiger partial charge in [-0.25, -0.2) is 4.98 Å². The van der Waals surface area contributed by atoms with Gasteiger partial charge in [0.2, 0.25) is 0 Å². The number of aromatic nitrogens is 3. The second-order valence-corrected chi connectivity index (χ2v) is 5.26. The number of furan rings is 1. The molecule has 0 fully saturated rings. The van der Waals surface area contributed by atoms with Crippen LogP contribution >= 0.6 is 0 Å². The van der Waals surface area contributed by atoms with Crippen molar-refractivity contribution in [3.63, 3.8) is 0 Å². The normalized spacial score (nSPS) is 11.5. The molecule has 25 heavy (non-hydrogen) atoms. The highest BCUT2D eigenvalue weighted by atomic mass is 19.4. The van der Waals surface area contributed by atoms with Crippen LogP contribution in [0.4, 0.5) is 19.0 Å². The lowest BCUT2D eigenvalue weighted by Gasteiger charge is -2.03. The predicted molar refractivity (Wildman–Crippen MR) is 82.0 cm³/mol. The Balaban J connectivity index is 1.72. The number of carbonyl (C=O) groups excluding carboxylic acids is 1. The van der Waals surface area contributed by atoms with Gasteiger partial charge >= 0.3 is 6.18 Å². The van der Waals surface area contributed by atoms with Crippen molar-refractivity contribution in [1.82, 2.24) is 14.8 Å². The summed E-state index contributed by atoms with van der Waals surface area (Å²) in [5.41, 5.74) is -0.632. The molecule has 1 N–H and O–H groups in total. The molecule has 0 unspecified atom stereocenters. The molecule has 130 valence electrons. The maximum atomic E-state index is 12.7. The summed E-state index contributed by atoms with van der Waals surface area (Å²) >= 11 is 0. The third-order valence-corrected chi connectivity index (χ3v) is 3.37. The number of halogens is 3. The van der Waals surface area contributed by atoms with Crippen LogP contribution in [0.5, 0.6) is 0 Å². The number of anilines is 1. The summed E-state index contributed by atoms with van der Waals surface area (Å²) in [7, 11) is 0. The summed E-state index contributed by atoms with van der Waals surface area (Å²) in [4.78, 5) is 16.0. The van der Waals surface area contributed by atoms with Crippen LogP contribution < -0.4 is 5.32 Å². The summed E-state index contributed by atoms with van der Waals surface area (Å²) < 4.78 is 44.6. The number of aryl methyl sites for hydroxylation is 1. The number of hydrogen-bond acceptors (Lipinski definition) is 4. The van der Waals surface area contributed by atoms with Crippen LogP contribution in [0.25, 0.3) is 0 Å². The van der Waals surface area contributed by atoms with Gasteiger partial charge in [0.15, 0.2) is 11.5 Å². The minimum Gasteiger partial charge on any atom is -0.454 e. The van der Waals surface area contributed by atoms with E-state index in [9.17, 15) is 18.0 Å². The molecule has 3 heterocycles. The smallest absolute Gasteiger partial charge is 0.435 e. The zero-order chi connectivity index (χ0) is 18.0. The Hall–Kier alpha value is -3.10. The van der Waals surface area contributed by atoms with Gasteiger partial charge in [0.1, 0.15) is 11.6 Å². The Morgan fingerprint density at radius 2 is 2.08 bits per heavy atom. The first kappa shape index (κ1) is 16.7. The van der Waals surface area contributed by atoms with E-state index in [-0.39, 0.29) is 12.3 Å². The molecule has 3 aromatic rings. The van der Waals surface area contributed by atoms with Crippen molar-refractivity contribution in [1.29, 1.82) is 0 Å². The number of rotatable bonds is 4. The molecule has 0 aromatic carbocycles. The summed E-state index contributed by atoms with van der Waals surface area (Å²) in [6.07, 6.45) is -2.98. The summed E-state index contributed by atoms with van der Waals surface area (Å²) in [5.74, 6) is 0.203. The van der Waals surface area contributed by atoms with Gasteiger partial charge in [-0.15, -0.1) is 0 Å². The highest BCUT2D eigenvalue weighted by Gasteiger charge is 2.34. The van der Waals surface area contributed by atoms with Crippen molar-refractivity contribution >= 4 is 11.7 Å². The number of nitrogens with zero attached hydrogens (tertiary/aromatic N) is 3. The minimum atomic E-state index is -4.51. The van der Waals surface area contributed by atoms with Crippen LogP contribution in [0.2, 0.25) is 0 Å². The van der Waals surface area contributed by atoms with Gasteiger partial charge in [0.05, 0.1) is 6.54 Å². The molecule has 9 heteroatoms. The zero-order valence-corrected chi connectivity index (χ0v) is 13.0. The van der Waals surface area contributed by atoms with E-state index < -0.39 is 17.8 Å². The van der Waals surface area contributed by atoms with E-state index in [2.05, 4.69) is 15.4 Å². The summed E-state index contributed by atoms with van der Waals surface area (Å²) in [6, 6.07) is 8.96. The van der Waals surface area contributed by atoms with Crippen molar-refractivity contribution < 1.29 is 22.4 Å². The molecule has 0 saturated heterocycles. The molecule has 0 bridgehead atoms. The monoisotopic (exact) mass is 350 g/mol. The van der Waals surface area contributed by atoms with Gasteiger partial charge < -0.3 is 9.73 Å². The Morgan fingerprint density at radius 3 is 2.72 bits per heavy atom. The quantitative estimate of drug-likeness (QED) is 0.782. The molecule has 0 saturated carbocycles. The Bertz CT molecular complexity index is 884. The van der Waals surface area contributed by atoms with E-state index in [0.717, 1.165) is 6.07 Å². The molecule has 0 aliphatic heterocycles. The van der Waals surface area contributed by atoms with Crippen molar-refractivity contribution in [3.05, 3.63) is 65.5 Å². The molecule has 3 aromatic heterocycles. The Morgan fingerprint density at radius 1 is 1.28 bits per heavy atom. The van der Waals surface area contributed by atoms with Gasteiger partial charge in [0.25, 0.3) is 5.91 Å². The average Bonchev–Trinajstić information content (AvgIpc) is 3.16. The van der Waals surface area contributed by atoms with Crippen LogP contribution in [-0.2, 0) is 12.7 Å². The van der Waals surface area contributed by atoms with Gasteiger partial charge in [0, 0.05) is 11.9 Å². The predicted octanol–water partition coefficient (Wildman–Crippen LogP) is 3.50. The van der Waals surface area contributed by atoms with Crippen LogP contribution in [0.15, 0.2) is 47.0 Å².